The average Bonchev–Trinajstić information content (AvgIpc) is 3.45. The molecule has 0 aliphatic carbocycles. The van der Waals surface area contributed by atoms with Crippen molar-refractivity contribution in [1.82, 2.24) is 29.6 Å². The molecule has 0 unspecified atom stereocenters. The molecule has 4 aromatic rings. The number of amides is 1. The number of imidazole rings is 1. The van der Waals surface area contributed by atoms with Gasteiger partial charge in [0.05, 0.1) is 22.9 Å². The molecule has 4 heterocycles. The van der Waals surface area contributed by atoms with Gasteiger partial charge >= 0.3 is 0 Å². The summed E-state index contributed by atoms with van der Waals surface area (Å²) in [5.74, 6) is 1.12. The van der Waals surface area contributed by atoms with Gasteiger partial charge in [0, 0.05) is 48.5 Å². The van der Waals surface area contributed by atoms with Crippen LogP contribution in [0.2, 0.25) is 0 Å². The van der Waals surface area contributed by atoms with E-state index in [-0.39, 0.29) is 5.91 Å². The highest BCUT2D eigenvalue weighted by molar-refractivity contribution is 9.10. The molecule has 158 valence electrons. The van der Waals surface area contributed by atoms with Crippen molar-refractivity contribution < 1.29 is 9.32 Å². The van der Waals surface area contributed by atoms with Crippen LogP contribution >= 0.6 is 15.9 Å². The summed E-state index contributed by atoms with van der Waals surface area (Å²) in [7, 11) is 0. The van der Waals surface area contributed by atoms with E-state index >= 15 is 0 Å². The molecule has 9 heteroatoms. The first kappa shape index (κ1) is 19.9. The first-order valence-corrected chi connectivity index (χ1v) is 11.1. The Labute approximate surface area is 187 Å². The molecule has 31 heavy (non-hydrogen) atoms. The highest BCUT2D eigenvalue weighted by atomic mass is 79.9. The van der Waals surface area contributed by atoms with Gasteiger partial charge in [0.1, 0.15) is 0 Å². The van der Waals surface area contributed by atoms with Crippen LogP contribution in [0.5, 0.6) is 0 Å². The molecule has 0 bridgehead atoms. The fourth-order valence-corrected chi connectivity index (χ4v) is 4.25. The minimum absolute atomic E-state index is 0.222. The number of rotatable bonds is 5. The molecule has 1 saturated heterocycles. The molecule has 0 saturated carbocycles. The van der Waals surface area contributed by atoms with Crippen molar-refractivity contribution in [3.8, 4) is 22.8 Å². The van der Waals surface area contributed by atoms with Crippen LogP contribution in [0.25, 0.3) is 33.9 Å². The predicted molar refractivity (Wildman–Crippen MR) is 119 cm³/mol. The average molecular weight is 481 g/mol. The van der Waals surface area contributed by atoms with E-state index in [1.807, 2.05) is 33.7 Å². The van der Waals surface area contributed by atoms with Crippen molar-refractivity contribution in [2.24, 2.45) is 0 Å². The summed E-state index contributed by atoms with van der Waals surface area (Å²) < 4.78 is 8.28. The molecular weight excluding hydrogens is 460 g/mol. The van der Waals surface area contributed by atoms with Gasteiger partial charge in [0.2, 0.25) is 11.7 Å². The van der Waals surface area contributed by atoms with Crippen LogP contribution in [0.15, 0.2) is 52.0 Å². The summed E-state index contributed by atoms with van der Waals surface area (Å²) in [6, 6.07) is 7.74. The van der Waals surface area contributed by atoms with Crippen LogP contribution < -0.4 is 0 Å². The van der Waals surface area contributed by atoms with Crippen LogP contribution in [0.1, 0.15) is 25.7 Å². The number of fused-ring (bicyclic) bond motifs is 1. The molecule has 0 N–H and O–H groups in total. The highest BCUT2D eigenvalue weighted by Crippen LogP contribution is 2.26. The summed E-state index contributed by atoms with van der Waals surface area (Å²) in [6.07, 6.45) is 9.09. The molecule has 3 aromatic heterocycles. The maximum absolute atomic E-state index is 12.5. The lowest BCUT2D eigenvalue weighted by molar-refractivity contribution is -0.132. The number of nitrogens with zero attached hydrogens (tertiary/aromatic N) is 6. The van der Waals surface area contributed by atoms with E-state index in [4.69, 9.17) is 4.52 Å². The molecule has 0 atom stereocenters. The maximum Gasteiger partial charge on any atom is 0.259 e. The zero-order chi connectivity index (χ0) is 21.2. The first-order valence-electron chi connectivity index (χ1n) is 10.3. The smallest absolute Gasteiger partial charge is 0.259 e. The van der Waals surface area contributed by atoms with Gasteiger partial charge in [-0.2, -0.15) is 4.98 Å². The van der Waals surface area contributed by atoms with Gasteiger partial charge in [0.15, 0.2) is 0 Å². The van der Waals surface area contributed by atoms with Crippen molar-refractivity contribution in [2.45, 2.75) is 32.2 Å². The number of likely N-dealkylation sites (tertiary alicyclic amines) is 1. The zero-order valence-corrected chi connectivity index (χ0v) is 18.5. The molecular formula is C22H21BrN6O2. The largest absolute Gasteiger partial charge is 0.343 e. The predicted octanol–water partition coefficient (Wildman–Crippen LogP) is 4.31. The van der Waals surface area contributed by atoms with Crippen molar-refractivity contribution in [3.05, 3.63) is 47.5 Å². The normalized spacial score (nSPS) is 14.3. The number of carbonyl (C=O) groups excluding carboxylic acids is 1. The minimum atomic E-state index is 0.222. The highest BCUT2D eigenvalue weighted by Gasteiger charge is 2.17. The Kier molecular flexibility index (Phi) is 5.50. The third kappa shape index (κ3) is 4.23. The van der Waals surface area contributed by atoms with E-state index in [0.717, 1.165) is 52.6 Å². The third-order valence-corrected chi connectivity index (χ3v) is 5.97. The second-order valence-electron chi connectivity index (χ2n) is 7.65. The van der Waals surface area contributed by atoms with E-state index in [1.54, 1.807) is 18.7 Å². The van der Waals surface area contributed by atoms with Crippen molar-refractivity contribution >= 4 is 32.9 Å². The number of hydrogen-bond donors (Lipinski definition) is 0. The standard InChI is InChI=1S/C22H21BrN6O2/c23-17-10-16(12-24-13-17)22-26-21(27-31-22)15-4-5-19-18(11-15)25-14-29(19)9-6-20(30)28-7-2-1-3-8-28/h4-5,10-14H,1-3,6-9H2. The molecule has 0 radical (unpaired) electrons. The van der Waals surface area contributed by atoms with E-state index in [2.05, 4.69) is 36.0 Å². The summed E-state index contributed by atoms with van der Waals surface area (Å²) in [4.78, 5) is 27.6. The van der Waals surface area contributed by atoms with E-state index in [0.29, 0.717) is 24.7 Å². The van der Waals surface area contributed by atoms with Crippen LogP contribution in [0.4, 0.5) is 0 Å². The molecule has 0 spiro atoms. The number of hydrogen-bond acceptors (Lipinski definition) is 6. The number of pyridine rings is 1. The van der Waals surface area contributed by atoms with Crippen molar-refractivity contribution in [3.63, 3.8) is 0 Å². The number of carbonyl (C=O) groups is 1. The second-order valence-corrected chi connectivity index (χ2v) is 8.56. The van der Waals surface area contributed by atoms with E-state index in [1.165, 1.54) is 6.42 Å². The summed E-state index contributed by atoms with van der Waals surface area (Å²) in [5, 5.41) is 4.10. The lowest BCUT2D eigenvalue weighted by Crippen LogP contribution is -2.35. The molecule has 8 nitrogen and oxygen atoms in total. The van der Waals surface area contributed by atoms with Gasteiger partial charge in [-0.05, 0) is 59.5 Å². The topological polar surface area (TPSA) is 89.9 Å². The lowest BCUT2D eigenvalue weighted by atomic mass is 10.1. The number of halogens is 1. The van der Waals surface area contributed by atoms with Crippen LogP contribution in [0.3, 0.4) is 0 Å². The van der Waals surface area contributed by atoms with Crippen LogP contribution in [-0.2, 0) is 11.3 Å². The number of benzene rings is 1. The monoisotopic (exact) mass is 480 g/mol. The fraction of sp³-hybridized carbons (Fsp3) is 0.318. The molecule has 5 rings (SSSR count). The number of aryl methyl sites for hydroxylation is 1. The quantitative estimate of drug-likeness (QED) is 0.422. The molecule has 1 aliphatic heterocycles. The van der Waals surface area contributed by atoms with Crippen molar-refractivity contribution in [2.75, 3.05) is 13.1 Å². The van der Waals surface area contributed by atoms with Crippen LogP contribution in [0, 0.1) is 0 Å². The molecule has 1 fully saturated rings. The zero-order valence-electron chi connectivity index (χ0n) is 16.9. The van der Waals surface area contributed by atoms with Gasteiger partial charge in [-0.3, -0.25) is 9.78 Å². The van der Waals surface area contributed by atoms with Gasteiger partial charge in [-0.1, -0.05) is 5.16 Å². The Morgan fingerprint density at radius 1 is 1.10 bits per heavy atom. The SMILES string of the molecule is O=C(CCn1cnc2cc(-c3noc(-c4cncc(Br)c4)n3)ccc21)N1CCCCC1. The molecule has 1 amide bonds. The van der Waals surface area contributed by atoms with Gasteiger partial charge in [0.25, 0.3) is 5.89 Å². The Bertz CT molecular complexity index is 1230. The third-order valence-electron chi connectivity index (χ3n) is 5.53. The van der Waals surface area contributed by atoms with Crippen LogP contribution in [-0.4, -0.2) is 48.6 Å². The number of aromatic nitrogens is 5. The Morgan fingerprint density at radius 3 is 2.81 bits per heavy atom. The number of piperidine rings is 1. The Morgan fingerprint density at radius 2 is 1.97 bits per heavy atom. The fourth-order valence-electron chi connectivity index (χ4n) is 3.89. The van der Waals surface area contributed by atoms with E-state index < -0.39 is 0 Å². The lowest BCUT2D eigenvalue weighted by Gasteiger charge is -2.26. The summed E-state index contributed by atoms with van der Waals surface area (Å²) in [6.45, 7) is 2.39. The minimum Gasteiger partial charge on any atom is -0.343 e. The summed E-state index contributed by atoms with van der Waals surface area (Å²) in [5.41, 5.74) is 3.38. The van der Waals surface area contributed by atoms with E-state index in [9.17, 15) is 4.79 Å². The van der Waals surface area contributed by atoms with Gasteiger partial charge in [-0.25, -0.2) is 4.98 Å². The van der Waals surface area contributed by atoms with Gasteiger partial charge < -0.3 is 14.0 Å². The maximum atomic E-state index is 12.5. The first-order chi connectivity index (χ1) is 15.2. The summed E-state index contributed by atoms with van der Waals surface area (Å²) >= 11 is 3.40. The Balaban J connectivity index is 1.32. The molecule has 1 aliphatic rings. The second kappa shape index (κ2) is 8.58. The molecule has 1 aromatic carbocycles. The van der Waals surface area contributed by atoms with Crippen molar-refractivity contribution in [1.29, 1.82) is 0 Å². The van der Waals surface area contributed by atoms with Gasteiger partial charge in [-0.15, -0.1) is 0 Å². The Hall–Kier alpha value is -3.07.